The molecule has 1 atom stereocenters. The average Bonchev–Trinajstić information content (AvgIpc) is 2.92. The van der Waals surface area contributed by atoms with Crippen molar-refractivity contribution < 1.29 is 8.63 Å². The number of nitrogens with one attached hydrogen (secondary N) is 1. The second-order valence-electron chi connectivity index (χ2n) is 6.74. The standard InChI is InChI=1S/C18H27N3O2S/c1-18(2,3)24(22)11-10-20-17(19-4)21(5)13-15-12-14-8-6-7-9-16(14)23-15/h6-9,12H,10-11,13H2,1-5H3,(H,19,20). The number of furan rings is 1. The van der Waals surface area contributed by atoms with E-state index in [-0.39, 0.29) is 4.75 Å². The molecule has 132 valence electrons. The predicted molar refractivity (Wildman–Crippen MR) is 102 cm³/mol. The van der Waals surface area contributed by atoms with Gasteiger partial charge < -0.3 is 14.6 Å². The third kappa shape index (κ3) is 4.84. The summed E-state index contributed by atoms with van der Waals surface area (Å²) in [5.74, 6) is 2.25. The van der Waals surface area contributed by atoms with Gasteiger partial charge in [-0.3, -0.25) is 9.20 Å². The molecule has 0 saturated heterocycles. The Morgan fingerprint density at radius 3 is 2.67 bits per heavy atom. The summed E-state index contributed by atoms with van der Waals surface area (Å²) in [5.41, 5.74) is 0.893. The van der Waals surface area contributed by atoms with E-state index in [1.54, 1.807) is 7.05 Å². The average molecular weight is 350 g/mol. The highest BCUT2D eigenvalue weighted by atomic mass is 32.2. The van der Waals surface area contributed by atoms with Crippen LogP contribution >= 0.6 is 0 Å². The molecule has 0 amide bonds. The summed E-state index contributed by atoms with van der Waals surface area (Å²) >= 11 is 0. The van der Waals surface area contributed by atoms with Crippen molar-refractivity contribution in [2.45, 2.75) is 32.1 Å². The van der Waals surface area contributed by atoms with Crippen molar-refractivity contribution >= 4 is 27.7 Å². The van der Waals surface area contributed by atoms with Crippen molar-refractivity contribution in [3.63, 3.8) is 0 Å². The summed E-state index contributed by atoms with van der Waals surface area (Å²) in [5, 5.41) is 4.37. The van der Waals surface area contributed by atoms with E-state index in [1.807, 2.05) is 63.1 Å². The molecule has 1 heterocycles. The van der Waals surface area contributed by atoms with E-state index < -0.39 is 10.8 Å². The van der Waals surface area contributed by atoms with Gasteiger partial charge in [-0.1, -0.05) is 18.2 Å². The first-order valence-corrected chi connectivity index (χ1v) is 9.41. The lowest BCUT2D eigenvalue weighted by molar-refractivity contribution is 0.413. The van der Waals surface area contributed by atoms with Gasteiger partial charge in [0.25, 0.3) is 0 Å². The molecule has 6 heteroatoms. The number of rotatable bonds is 5. The van der Waals surface area contributed by atoms with Gasteiger partial charge >= 0.3 is 0 Å². The molecule has 0 aliphatic carbocycles. The summed E-state index contributed by atoms with van der Waals surface area (Å²) in [6.45, 7) is 7.22. The van der Waals surface area contributed by atoms with Crippen LogP contribution in [0.25, 0.3) is 11.0 Å². The van der Waals surface area contributed by atoms with E-state index in [0.717, 1.165) is 22.7 Å². The van der Waals surface area contributed by atoms with E-state index in [0.29, 0.717) is 18.8 Å². The number of hydrogen-bond acceptors (Lipinski definition) is 3. The Balaban J connectivity index is 1.91. The van der Waals surface area contributed by atoms with Crippen LogP contribution in [0, 0.1) is 0 Å². The molecule has 0 fully saturated rings. The van der Waals surface area contributed by atoms with Crippen LogP contribution in [-0.4, -0.2) is 46.2 Å². The first-order chi connectivity index (χ1) is 11.3. The topological polar surface area (TPSA) is 57.8 Å². The van der Waals surface area contributed by atoms with Crippen LogP contribution in [-0.2, 0) is 17.3 Å². The predicted octanol–water partition coefficient (Wildman–Crippen LogP) is 2.99. The Kier molecular flexibility index (Phi) is 6.04. The maximum Gasteiger partial charge on any atom is 0.193 e. The lowest BCUT2D eigenvalue weighted by Gasteiger charge is -2.22. The maximum atomic E-state index is 12.1. The molecule has 0 spiro atoms. The Hall–Kier alpha value is -1.82. The number of para-hydroxylation sites is 1. The number of guanidine groups is 1. The van der Waals surface area contributed by atoms with E-state index >= 15 is 0 Å². The van der Waals surface area contributed by atoms with Gasteiger partial charge in [-0.15, -0.1) is 0 Å². The zero-order valence-corrected chi connectivity index (χ0v) is 15.9. The molecule has 5 nitrogen and oxygen atoms in total. The van der Waals surface area contributed by atoms with Gasteiger partial charge in [0.05, 0.1) is 6.54 Å². The molecule has 1 N–H and O–H groups in total. The van der Waals surface area contributed by atoms with E-state index in [1.165, 1.54) is 0 Å². The van der Waals surface area contributed by atoms with E-state index in [2.05, 4.69) is 10.3 Å². The minimum Gasteiger partial charge on any atom is -0.459 e. The van der Waals surface area contributed by atoms with Crippen molar-refractivity contribution in [3.8, 4) is 0 Å². The van der Waals surface area contributed by atoms with Crippen molar-refractivity contribution in [2.24, 2.45) is 4.99 Å². The molecule has 2 rings (SSSR count). The van der Waals surface area contributed by atoms with Gasteiger partial charge in [-0.25, -0.2) is 0 Å². The van der Waals surface area contributed by atoms with Gasteiger partial charge in [0.15, 0.2) is 5.96 Å². The van der Waals surface area contributed by atoms with E-state index in [4.69, 9.17) is 4.42 Å². The Morgan fingerprint density at radius 1 is 1.33 bits per heavy atom. The fraction of sp³-hybridized carbons (Fsp3) is 0.500. The number of nitrogens with zero attached hydrogens (tertiary/aromatic N) is 2. The third-order valence-corrected chi connectivity index (χ3v) is 5.64. The van der Waals surface area contributed by atoms with Crippen LogP contribution in [0.2, 0.25) is 0 Å². The van der Waals surface area contributed by atoms with Gasteiger partial charge in [0, 0.05) is 47.3 Å². The molecular formula is C18H27N3O2S. The van der Waals surface area contributed by atoms with Crippen LogP contribution in [0.15, 0.2) is 39.7 Å². The molecule has 1 aromatic carbocycles. The maximum absolute atomic E-state index is 12.1. The normalized spacial score (nSPS) is 14.0. The molecule has 1 unspecified atom stereocenters. The van der Waals surface area contributed by atoms with Crippen LogP contribution in [0.4, 0.5) is 0 Å². The Labute approximate surface area is 146 Å². The fourth-order valence-electron chi connectivity index (χ4n) is 2.37. The highest BCUT2D eigenvalue weighted by Crippen LogP contribution is 2.19. The molecule has 0 radical (unpaired) electrons. The highest BCUT2D eigenvalue weighted by Gasteiger charge is 2.19. The molecule has 1 aromatic heterocycles. The fourth-order valence-corrected chi connectivity index (χ4v) is 3.27. The number of hydrogen-bond donors (Lipinski definition) is 1. The van der Waals surface area contributed by atoms with Crippen molar-refractivity contribution in [1.29, 1.82) is 0 Å². The van der Waals surface area contributed by atoms with Gasteiger partial charge in [-0.2, -0.15) is 0 Å². The van der Waals surface area contributed by atoms with E-state index in [9.17, 15) is 4.21 Å². The molecule has 0 aliphatic heterocycles. The summed E-state index contributed by atoms with van der Waals surface area (Å²) in [4.78, 5) is 6.29. The number of benzene rings is 1. The second-order valence-corrected chi connectivity index (χ2v) is 9.07. The van der Waals surface area contributed by atoms with Crippen molar-refractivity contribution in [1.82, 2.24) is 10.2 Å². The van der Waals surface area contributed by atoms with Crippen LogP contribution in [0.5, 0.6) is 0 Å². The Bertz CT molecular complexity index is 698. The largest absolute Gasteiger partial charge is 0.459 e. The lowest BCUT2D eigenvalue weighted by atomic mass is 10.2. The smallest absolute Gasteiger partial charge is 0.193 e. The monoisotopic (exact) mass is 349 g/mol. The summed E-state index contributed by atoms with van der Waals surface area (Å²) in [6, 6.07) is 10.0. The first-order valence-electron chi connectivity index (χ1n) is 8.09. The minimum atomic E-state index is -0.872. The van der Waals surface area contributed by atoms with Gasteiger partial charge in [0.2, 0.25) is 0 Å². The third-order valence-electron chi connectivity index (χ3n) is 3.70. The summed E-state index contributed by atoms with van der Waals surface area (Å²) in [7, 11) is 2.84. The molecule has 0 bridgehead atoms. The lowest BCUT2D eigenvalue weighted by Crippen LogP contribution is -2.41. The van der Waals surface area contributed by atoms with Crippen LogP contribution in [0.3, 0.4) is 0 Å². The summed E-state index contributed by atoms with van der Waals surface area (Å²) in [6.07, 6.45) is 0. The molecule has 0 aliphatic rings. The molecule has 2 aromatic rings. The summed E-state index contributed by atoms with van der Waals surface area (Å²) < 4.78 is 17.8. The van der Waals surface area contributed by atoms with Crippen molar-refractivity contribution in [3.05, 3.63) is 36.1 Å². The van der Waals surface area contributed by atoms with Crippen LogP contribution < -0.4 is 5.32 Å². The van der Waals surface area contributed by atoms with Gasteiger partial charge in [-0.05, 0) is 32.9 Å². The minimum absolute atomic E-state index is 0.189. The highest BCUT2D eigenvalue weighted by molar-refractivity contribution is 7.86. The quantitative estimate of drug-likeness (QED) is 0.666. The molecule has 0 saturated carbocycles. The molecule has 24 heavy (non-hydrogen) atoms. The number of fused-ring (bicyclic) bond motifs is 1. The number of aliphatic imine (C=N–C) groups is 1. The first kappa shape index (κ1) is 18.5. The SMILES string of the molecule is CN=C(NCCS(=O)C(C)(C)C)N(C)Cc1cc2ccccc2o1. The van der Waals surface area contributed by atoms with Crippen LogP contribution in [0.1, 0.15) is 26.5 Å². The van der Waals surface area contributed by atoms with Crippen molar-refractivity contribution in [2.75, 3.05) is 26.4 Å². The van der Waals surface area contributed by atoms with Gasteiger partial charge in [0.1, 0.15) is 11.3 Å². The molecular weight excluding hydrogens is 322 g/mol. The second kappa shape index (κ2) is 7.83. The zero-order valence-electron chi connectivity index (χ0n) is 15.1. The Morgan fingerprint density at radius 2 is 2.04 bits per heavy atom. The zero-order chi connectivity index (χ0) is 17.7.